The predicted octanol–water partition coefficient (Wildman–Crippen LogP) is 2.89. The first-order chi connectivity index (χ1) is 6.59. The van der Waals surface area contributed by atoms with Gasteiger partial charge in [-0.1, -0.05) is 29.8 Å². The molecular weight excluding hydrogens is 221 g/mol. The van der Waals surface area contributed by atoms with Gasteiger partial charge in [0.15, 0.2) is 0 Å². The van der Waals surface area contributed by atoms with Crippen LogP contribution in [0.4, 0.5) is 0 Å². The van der Waals surface area contributed by atoms with E-state index in [0.717, 1.165) is 5.56 Å². The maximum absolute atomic E-state index is 9.45. The highest BCUT2D eigenvalue weighted by Crippen LogP contribution is 2.21. The van der Waals surface area contributed by atoms with Gasteiger partial charge in [0.05, 0.1) is 0 Å². The van der Waals surface area contributed by atoms with Crippen molar-refractivity contribution in [2.75, 3.05) is 6.54 Å². The first-order valence-corrected chi connectivity index (χ1v) is 4.86. The van der Waals surface area contributed by atoms with Crippen LogP contribution in [-0.4, -0.2) is 11.7 Å². The van der Waals surface area contributed by atoms with Crippen molar-refractivity contribution >= 4 is 23.2 Å². The van der Waals surface area contributed by atoms with Crippen molar-refractivity contribution < 1.29 is 5.11 Å². The molecule has 0 aliphatic heterocycles. The van der Waals surface area contributed by atoms with Gasteiger partial charge in [-0.05, 0) is 18.2 Å². The Bertz CT molecular complexity index is 339. The van der Waals surface area contributed by atoms with Gasteiger partial charge in [0.1, 0.15) is 5.75 Å². The van der Waals surface area contributed by atoms with Crippen LogP contribution in [0.5, 0.6) is 5.75 Å². The SMILES string of the molecule is C=C(Cl)CNCc1cc(Cl)ccc1O. The summed E-state index contributed by atoms with van der Waals surface area (Å²) < 4.78 is 0. The fourth-order valence-corrected chi connectivity index (χ4v) is 1.32. The van der Waals surface area contributed by atoms with Crippen molar-refractivity contribution in [1.29, 1.82) is 0 Å². The molecule has 1 aromatic rings. The van der Waals surface area contributed by atoms with Crippen LogP contribution in [0.25, 0.3) is 0 Å². The fraction of sp³-hybridized carbons (Fsp3) is 0.200. The number of hydrogen-bond acceptors (Lipinski definition) is 2. The average molecular weight is 232 g/mol. The third-order valence-electron chi connectivity index (χ3n) is 1.67. The molecule has 0 fully saturated rings. The number of phenolic OH excluding ortho intramolecular Hbond substituents is 1. The summed E-state index contributed by atoms with van der Waals surface area (Å²) >= 11 is 11.3. The lowest BCUT2D eigenvalue weighted by Crippen LogP contribution is -2.14. The van der Waals surface area contributed by atoms with E-state index in [2.05, 4.69) is 11.9 Å². The van der Waals surface area contributed by atoms with E-state index in [1.807, 2.05) is 0 Å². The van der Waals surface area contributed by atoms with Crippen LogP contribution in [0.2, 0.25) is 5.02 Å². The van der Waals surface area contributed by atoms with Crippen LogP contribution in [0.15, 0.2) is 29.8 Å². The average Bonchev–Trinajstić information content (AvgIpc) is 2.10. The highest BCUT2D eigenvalue weighted by molar-refractivity contribution is 6.30. The number of phenols is 1. The molecule has 0 aromatic heterocycles. The Morgan fingerprint density at radius 1 is 1.50 bits per heavy atom. The van der Waals surface area contributed by atoms with E-state index in [1.165, 1.54) is 0 Å². The molecule has 76 valence electrons. The number of halogens is 2. The maximum atomic E-state index is 9.45. The number of aromatic hydroxyl groups is 1. The van der Waals surface area contributed by atoms with Crippen molar-refractivity contribution in [2.45, 2.75) is 6.54 Å². The van der Waals surface area contributed by atoms with Crippen molar-refractivity contribution in [3.05, 3.63) is 40.4 Å². The molecule has 1 rings (SSSR count). The van der Waals surface area contributed by atoms with Crippen LogP contribution in [0.3, 0.4) is 0 Å². The molecule has 2 nitrogen and oxygen atoms in total. The molecule has 0 bridgehead atoms. The van der Waals surface area contributed by atoms with Gasteiger partial charge < -0.3 is 10.4 Å². The maximum Gasteiger partial charge on any atom is 0.120 e. The minimum atomic E-state index is 0.224. The standard InChI is InChI=1S/C10H11Cl2NO/c1-7(11)5-13-6-8-4-9(12)2-3-10(8)14/h2-4,13-14H,1,5-6H2. The zero-order valence-electron chi connectivity index (χ0n) is 7.56. The lowest BCUT2D eigenvalue weighted by Gasteiger charge is -2.06. The molecule has 0 aliphatic rings. The van der Waals surface area contributed by atoms with Crippen molar-refractivity contribution in [1.82, 2.24) is 5.32 Å². The highest BCUT2D eigenvalue weighted by Gasteiger charge is 2.01. The van der Waals surface area contributed by atoms with E-state index in [1.54, 1.807) is 18.2 Å². The Balaban J connectivity index is 2.57. The van der Waals surface area contributed by atoms with Gasteiger partial charge in [-0.3, -0.25) is 0 Å². The van der Waals surface area contributed by atoms with Gasteiger partial charge in [0.25, 0.3) is 0 Å². The summed E-state index contributed by atoms with van der Waals surface area (Å²) in [7, 11) is 0. The van der Waals surface area contributed by atoms with E-state index < -0.39 is 0 Å². The molecule has 0 radical (unpaired) electrons. The molecule has 0 saturated heterocycles. The Morgan fingerprint density at radius 3 is 2.86 bits per heavy atom. The van der Waals surface area contributed by atoms with Crippen LogP contribution < -0.4 is 5.32 Å². The second-order valence-corrected chi connectivity index (χ2v) is 3.86. The molecule has 0 spiro atoms. The second kappa shape index (κ2) is 5.25. The Kier molecular flexibility index (Phi) is 4.26. The molecule has 4 heteroatoms. The van der Waals surface area contributed by atoms with E-state index >= 15 is 0 Å². The fourth-order valence-electron chi connectivity index (χ4n) is 1.03. The first kappa shape index (κ1) is 11.4. The lowest BCUT2D eigenvalue weighted by atomic mass is 10.2. The largest absolute Gasteiger partial charge is 0.508 e. The van der Waals surface area contributed by atoms with Crippen LogP contribution in [-0.2, 0) is 6.54 Å². The zero-order valence-corrected chi connectivity index (χ0v) is 9.07. The van der Waals surface area contributed by atoms with Crippen LogP contribution in [0.1, 0.15) is 5.56 Å². The van der Waals surface area contributed by atoms with Crippen LogP contribution in [0, 0.1) is 0 Å². The normalized spacial score (nSPS) is 10.1. The third kappa shape index (κ3) is 3.58. The molecule has 0 aliphatic carbocycles. The molecule has 0 saturated carbocycles. The van der Waals surface area contributed by atoms with E-state index in [9.17, 15) is 5.11 Å². The molecule has 0 heterocycles. The van der Waals surface area contributed by atoms with Gasteiger partial charge in [0, 0.05) is 28.7 Å². The van der Waals surface area contributed by atoms with Gasteiger partial charge in [-0.25, -0.2) is 0 Å². The number of rotatable bonds is 4. The monoisotopic (exact) mass is 231 g/mol. The summed E-state index contributed by atoms with van der Waals surface area (Å²) in [6.07, 6.45) is 0. The Labute approximate surface area is 93.2 Å². The molecule has 2 N–H and O–H groups in total. The molecule has 0 amide bonds. The van der Waals surface area contributed by atoms with Crippen molar-refractivity contribution in [2.24, 2.45) is 0 Å². The lowest BCUT2D eigenvalue weighted by molar-refractivity contribution is 0.465. The van der Waals surface area contributed by atoms with Gasteiger partial charge >= 0.3 is 0 Å². The van der Waals surface area contributed by atoms with Gasteiger partial charge in [0.2, 0.25) is 0 Å². The summed E-state index contributed by atoms with van der Waals surface area (Å²) in [5.74, 6) is 0.224. The van der Waals surface area contributed by atoms with E-state index in [4.69, 9.17) is 23.2 Å². The number of benzene rings is 1. The smallest absolute Gasteiger partial charge is 0.120 e. The van der Waals surface area contributed by atoms with Gasteiger partial charge in [-0.15, -0.1) is 0 Å². The molecular formula is C10H11Cl2NO. The first-order valence-electron chi connectivity index (χ1n) is 4.11. The summed E-state index contributed by atoms with van der Waals surface area (Å²) in [5.41, 5.74) is 0.746. The van der Waals surface area contributed by atoms with E-state index in [-0.39, 0.29) is 5.75 Å². The summed E-state index contributed by atoms with van der Waals surface area (Å²) in [6.45, 7) is 4.56. The summed E-state index contributed by atoms with van der Waals surface area (Å²) in [5, 5.41) is 13.6. The molecule has 0 unspecified atom stereocenters. The van der Waals surface area contributed by atoms with Crippen molar-refractivity contribution in [3.8, 4) is 5.75 Å². The summed E-state index contributed by atoms with van der Waals surface area (Å²) in [6, 6.07) is 4.91. The topological polar surface area (TPSA) is 32.3 Å². The minimum absolute atomic E-state index is 0.224. The zero-order chi connectivity index (χ0) is 10.6. The van der Waals surface area contributed by atoms with Crippen molar-refractivity contribution in [3.63, 3.8) is 0 Å². The number of hydrogen-bond donors (Lipinski definition) is 2. The predicted molar refractivity (Wildman–Crippen MR) is 59.8 cm³/mol. The quantitative estimate of drug-likeness (QED) is 0.836. The van der Waals surface area contributed by atoms with E-state index in [0.29, 0.717) is 23.1 Å². The third-order valence-corrected chi connectivity index (χ3v) is 2.04. The van der Waals surface area contributed by atoms with Crippen LogP contribution >= 0.6 is 23.2 Å². The second-order valence-electron chi connectivity index (χ2n) is 2.89. The minimum Gasteiger partial charge on any atom is -0.508 e. The molecule has 14 heavy (non-hydrogen) atoms. The molecule has 0 atom stereocenters. The highest BCUT2D eigenvalue weighted by atomic mass is 35.5. The Hall–Kier alpha value is -0.700. The Morgan fingerprint density at radius 2 is 2.21 bits per heavy atom. The van der Waals surface area contributed by atoms with Gasteiger partial charge in [-0.2, -0.15) is 0 Å². The molecule has 1 aromatic carbocycles. The number of nitrogens with one attached hydrogen (secondary N) is 1. The summed E-state index contributed by atoms with van der Waals surface area (Å²) in [4.78, 5) is 0.